The van der Waals surface area contributed by atoms with E-state index in [4.69, 9.17) is 0 Å². The molecule has 17 heavy (non-hydrogen) atoms. The second-order valence-corrected chi connectivity index (χ2v) is 5.73. The zero-order valence-corrected chi connectivity index (χ0v) is 12.1. The number of unbranched alkanes of at least 4 members (excludes halogenated alkanes) is 1. The van der Waals surface area contributed by atoms with Crippen LogP contribution in [-0.4, -0.2) is 24.5 Å². The highest BCUT2D eigenvalue weighted by molar-refractivity contribution is 4.60. The average Bonchev–Trinajstić information content (AvgIpc) is 2.37. The molecule has 0 aromatic rings. The SMILES string of the molecule is CCCCN1CCCCCCCCCCCC1. The number of rotatable bonds is 3. The van der Waals surface area contributed by atoms with Gasteiger partial charge in [0.25, 0.3) is 0 Å². The monoisotopic (exact) mass is 239 g/mol. The van der Waals surface area contributed by atoms with E-state index < -0.39 is 0 Å². The van der Waals surface area contributed by atoms with Crippen LogP contribution in [0.3, 0.4) is 0 Å². The normalized spacial score (nSPS) is 22.4. The molecule has 0 bridgehead atoms. The van der Waals surface area contributed by atoms with E-state index in [-0.39, 0.29) is 0 Å². The molecule has 0 atom stereocenters. The predicted octanol–water partition coefficient (Wildman–Crippen LogP) is 5.00. The van der Waals surface area contributed by atoms with Gasteiger partial charge < -0.3 is 4.90 Å². The maximum absolute atomic E-state index is 2.72. The summed E-state index contributed by atoms with van der Waals surface area (Å²) in [5, 5.41) is 0. The van der Waals surface area contributed by atoms with Crippen LogP contribution in [0.2, 0.25) is 0 Å². The van der Waals surface area contributed by atoms with E-state index in [1.807, 2.05) is 0 Å². The minimum absolute atomic E-state index is 1.34. The number of hydrogen-bond donors (Lipinski definition) is 0. The fraction of sp³-hybridized carbons (Fsp3) is 1.00. The summed E-state index contributed by atoms with van der Waals surface area (Å²) in [5.74, 6) is 0. The number of hydrogen-bond acceptors (Lipinski definition) is 1. The van der Waals surface area contributed by atoms with E-state index >= 15 is 0 Å². The summed E-state index contributed by atoms with van der Waals surface area (Å²) in [4.78, 5) is 2.72. The molecule has 0 unspecified atom stereocenters. The Morgan fingerprint density at radius 1 is 0.647 bits per heavy atom. The zero-order chi connectivity index (χ0) is 12.2. The summed E-state index contributed by atoms with van der Waals surface area (Å²) in [5.41, 5.74) is 0. The summed E-state index contributed by atoms with van der Waals surface area (Å²) >= 11 is 0. The highest BCUT2D eigenvalue weighted by Crippen LogP contribution is 2.13. The Labute approximate surface area is 109 Å². The molecular weight excluding hydrogens is 206 g/mol. The topological polar surface area (TPSA) is 3.24 Å². The van der Waals surface area contributed by atoms with Gasteiger partial charge in [-0.25, -0.2) is 0 Å². The van der Waals surface area contributed by atoms with E-state index in [0.717, 1.165) is 0 Å². The third kappa shape index (κ3) is 8.65. The van der Waals surface area contributed by atoms with Gasteiger partial charge in [-0.3, -0.25) is 0 Å². The molecule has 1 heterocycles. The molecule has 1 heteroatoms. The Bertz CT molecular complexity index is 142. The van der Waals surface area contributed by atoms with Crippen LogP contribution in [0, 0.1) is 0 Å². The van der Waals surface area contributed by atoms with Crippen LogP contribution in [-0.2, 0) is 0 Å². The summed E-state index contributed by atoms with van der Waals surface area (Å²) in [6, 6.07) is 0. The van der Waals surface area contributed by atoms with Crippen molar-refractivity contribution in [1.82, 2.24) is 4.90 Å². The Morgan fingerprint density at radius 2 is 1.06 bits per heavy atom. The molecule has 102 valence electrons. The second kappa shape index (κ2) is 11.1. The first-order valence-electron chi connectivity index (χ1n) is 8.16. The van der Waals surface area contributed by atoms with Crippen molar-refractivity contribution in [2.75, 3.05) is 19.6 Å². The third-order valence-electron chi connectivity index (χ3n) is 4.03. The lowest BCUT2D eigenvalue weighted by Crippen LogP contribution is -2.27. The Hall–Kier alpha value is -0.0400. The van der Waals surface area contributed by atoms with Crippen LogP contribution in [0.4, 0.5) is 0 Å². The minimum atomic E-state index is 1.34. The molecule has 1 fully saturated rings. The standard InChI is InChI=1S/C16H33N/c1-2-3-14-17-15-12-10-8-6-4-5-7-9-11-13-16-17/h2-16H2,1H3. The van der Waals surface area contributed by atoms with Crippen LogP contribution in [0.1, 0.15) is 84.0 Å². The molecule has 1 rings (SSSR count). The Balaban J connectivity index is 2.20. The molecule has 0 saturated carbocycles. The maximum Gasteiger partial charge on any atom is -0.00187 e. The molecule has 1 aliphatic heterocycles. The van der Waals surface area contributed by atoms with Crippen LogP contribution in [0.25, 0.3) is 0 Å². The van der Waals surface area contributed by atoms with Gasteiger partial charge >= 0.3 is 0 Å². The molecule has 1 aliphatic rings. The van der Waals surface area contributed by atoms with Gasteiger partial charge in [-0.2, -0.15) is 0 Å². The molecule has 0 spiro atoms. The van der Waals surface area contributed by atoms with Crippen molar-refractivity contribution in [3.8, 4) is 0 Å². The fourth-order valence-electron chi connectivity index (χ4n) is 2.80. The number of nitrogens with zero attached hydrogens (tertiary/aromatic N) is 1. The Morgan fingerprint density at radius 3 is 1.47 bits per heavy atom. The van der Waals surface area contributed by atoms with Gasteiger partial charge in [-0.15, -0.1) is 0 Å². The second-order valence-electron chi connectivity index (χ2n) is 5.73. The molecule has 0 aromatic carbocycles. The lowest BCUT2D eigenvalue weighted by atomic mass is 10.1. The van der Waals surface area contributed by atoms with E-state index in [9.17, 15) is 0 Å². The van der Waals surface area contributed by atoms with Crippen molar-refractivity contribution < 1.29 is 0 Å². The first-order valence-corrected chi connectivity index (χ1v) is 8.16. The van der Waals surface area contributed by atoms with Crippen molar-refractivity contribution in [2.45, 2.75) is 84.0 Å². The van der Waals surface area contributed by atoms with Gasteiger partial charge in [-0.05, 0) is 38.9 Å². The summed E-state index contributed by atoms with van der Waals surface area (Å²) in [7, 11) is 0. The van der Waals surface area contributed by atoms with E-state index in [0.29, 0.717) is 0 Å². The Kier molecular flexibility index (Phi) is 9.78. The van der Waals surface area contributed by atoms with Crippen molar-refractivity contribution in [2.24, 2.45) is 0 Å². The van der Waals surface area contributed by atoms with Gasteiger partial charge in [0.15, 0.2) is 0 Å². The fourth-order valence-corrected chi connectivity index (χ4v) is 2.80. The highest BCUT2D eigenvalue weighted by Gasteiger charge is 2.04. The largest absolute Gasteiger partial charge is 0.303 e. The summed E-state index contributed by atoms with van der Waals surface area (Å²) in [6.07, 6.45) is 17.4. The summed E-state index contributed by atoms with van der Waals surface area (Å²) < 4.78 is 0. The van der Waals surface area contributed by atoms with Crippen LogP contribution < -0.4 is 0 Å². The molecule has 1 nitrogen and oxygen atoms in total. The third-order valence-corrected chi connectivity index (χ3v) is 4.03. The van der Waals surface area contributed by atoms with E-state index in [1.54, 1.807) is 0 Å². The molecule has 0 aromatic heterocycles. The zero-order valence-electron chi connectivity index (χ0n) is 12.1. The van der Waals surface area contributed by atoms with E-state index in [1.165, 1.54) is 96.7 Å². The van der Waals surface area contributed by atoms with Crippen molar-refractivity contribution in [3.63, 3.8) is 0 Å². The lowest BCUT2D eigenvalue weighted by molar-refractivity contribution is 0.257. The average molecular weight is 239 g/mol. The van der Waals surface area contributed by atoms with Crippen molar-refractivity contribution >= 4 is 0 Å². The molecule has 1 saturated heterocycles. The predicted molar refractivity (Wildman–Crippen MR) is 77.5 cm³/mol. The smallest absolute Gasteiger partial charge is 0.00187 e. The summed E-state index contributed by atoms with van der Waals surface area (Å²) in [6.45, 7) is 6.37. The highest BCUT2D eigenvalue weighted by atomic mass is 15.1. The lowest BCUT2D eigenvalue weighted by Gasteiger charge is -2.22. The van der Waals surface area contributed by atoms with Gasteiger partial charge in [0.1, 0.15) is 0 Å². The van der Waals surface area contributed by atoms with Crippen molar-refractivity contribution in [1.29, 1.82) is 0 Å². The molecular formula is C16H33N. The molecule has 0 radical (unpaired) electrons. The molecule has 0 amide bonds. The first kappa shape index (κ1) is 15.0. The molecule has 0 aliphatic carbocycles. The van der Waals surface area contributed by atoms with Gasteiger partial charge in [0, 0.05) is 0 Å². The van der Waals surface area contributed by atoms with Gasteiger partial charge in [0.2, 0.25) is 0 Å². The minimum Gasteiger partial charge on any atom is -0.303 e. The van der Waals surface area contributed by atoms with Crippen molar-refractivity contribution in [3.05, 3.63) is 0 Å². The maximum atomic E-state index is 2.72. The van der Waals surface area contributed by atoms with Gasteiger partial charge in [0.05, 0.1) is 0 Å². The van der Waals surface area contributed by atoms with Crippen LogP contribution >= 0.6 is 0 Å². The van der Waals surface area contributed by atoms with Crippen LogP contribution in [0.5, 0.6) is 0 Å². The van der Waals surface area contributed by atoms with Crippen LogP contribution in [0.15, 0.2) is 0 Å². The van der Waals surface area contributed by atoms with E-state index in [2.05, 4.69) is 11.8 Å². The first-order chi connectivity index (χ1) is 8.43. The quantitative estimate of drug-likeness (QED) is 0.669. The van der Waals surface area contributed by atoms with Gasteiger partial charge in [-0.1, -0.05) is 64.7 Å². The molecule has 0 N–H and O–H groups in total.